The van der Waals surface area contributed by atoms with E-state index in [4.69, 9.17) is 0 Å². The van der Waals surface area contributed by atoms with Crippen LogP contribution in [-0.2, 0) is 0 Å². The minimum atomic E-state index is 0.850. The Labute approximate surface area is 64.0 Å². The molecule has 0 bridgehead atoms. The van der Waals surface area contributed by atoms with Crippen LogP contribution in [0.3, 0.4) is 0 Å². The first-order valence-corrected chi connectivity index (χ1v) is 4.54. The fraction of sp³-hybridized carbons (Fsp3) is 0.800. The molecule has 0 aliphatic heterocycles. The largest absolute Gasteiger partial charge is 0.0530 e. The highest BCUT2D eigenvalue weighted by Gasteiger charge is 2.27. The van der Waals surface area contributed by atoms with Crippen LogP contribution in [0.4, 0.5) is 0 Å². The Morgan fingerprint density at radius 1 is 1.10 bits per heavy atom. The van der Waals surface area contributed by atoms with Crippen LogP contribution in [0.25, 0.3) is 0 Å². The third-order valence-electron chi connectivity index (χ3n) is 2.92. The monoisotopic (exact) mass is 135 g/mol. The van der Waals surface area contributed by atoms with Crippen LogP contribution in [0.15, 0.2) is 0 Å². The molecule has 2 aliphatic carbocycles. The number of hydrogen-bond donors (Lipinski definition) is 0. The maximum absolute atomic E-state index is 3.50. The van der Waals surface area contributed by atoms with Gasteiger partial charge in [-0.25, -0.2) is 0 Å². The summed E-state index contributed by atoms with van der Waals surface area (Å²) in [4.78, 5) is 0. The summed E-state index contributed by atoms with van der Waals surface area (Å²) in [6.45, 7) is 0. The molecule has 55 valence electrons. The van der Waals surface area contributed by atoms with E-state index in [1.807, 2.05) is 0 Å². The van der Waals surface area contributed by atoms with E-state index in [-0.39, 0.29) is 0 Å². The van der Waals surface area contributed by atoms with Crippen molar-refractivity contribution in [1.29, 1.82) is 0 Å². The predicted molar refractivity (Wildman–Crippen MR) is 42.2 cm³/mol. The average Bonchev–Trinajstić information content (AvgIpc) is 2.05. The zero-order valence-electron chi connectivity index (χ0n) is 6.47. The van der Waals surface area contributed by atoms with Crippen molar-refractivity contribution >= 4 is 0 Å². The molecule has 0 heteroatoms. The predicted octanol–water partition coefficient (Wildman–Crippen LogP) is 2.87. The highest BCUT2D eigenvalue weighted by molar-refractivity contribution is 4.99. The minimum Gasteiger partial charge on any atom is -0.0530 e. The molecule has 0 heterocycles. The maximum atomic E-state index is 3.50. The van der Waals surface area contributed by atoms with Gasteiger partial charge >= 0.3 is 0 Å². The normalized spacial score (nSPS) is 40.8. The Kier molecular flexibility index (Phi) is 1.97. The lowest BCUT2D eigenvalue weighted by Crippen LogP contribution is -2.23. The summed E-state index contributed by atoms with van der Waals surface area (Å²) >= 11 is 0. The smallest absolute Gasteiger partial charge is 0.01000 e. The fourth-order valence-electron chi connectivity index (χ4n) is 2.30. The van der Waals surface area contributed by atoms with Crippen LogP contribution >= 0.6 is 0 Å². The second-order valence-electron chi connectivity index (χ2n) is 3.60. The minimum absolute atomic E-state index is 0.850. The van der Waals surface area contributed by atoms with Crippen molar-refractivity contribution in [3.63, 3.8) is 0 Å². The van der Waals surface area contributed by atoms with Gasteiger partial charge in [0.2, 0.25) is 0 Å². The molecule has 0 aromatic rings. The van der Waals surface area contributed by atoms with Gasteiger partial charge in [-0.1, -0.05) is 19.3 Å². The molecule has 2 fully saturated rings. The Morgan fingerprint density at radius 2 is 2.00 bits per heavy atom. The molecule has 2 aliphatic rings. The standard InChI is InChI=1S/C10H15/c1-2-6-10-8-4-3-7-9(10)5-1/h1,9-10H,2-4,6-8H2. The molecule has 0 nitrogen and oxygen atoms in total. The third-order valence-corrected chi connectivity index (χ3v) is 2.92. The lowest BCUT2D eigenvalue weighted by molar-refractivity contribution is 0.237. The van der Waals surface area contributed by atoms with E-state index in [1.54, 1.807) is 0 Å². The molecule has 0 aromatic carbocycles. The first kappa shape index (κ1) is 6.69. The molecule has 2 unspecified atom stereocenters. The van der Waals surface area contributed by atoms with Crippen LogP contribution in [0.1, 0.15) is 38.5 Å². The van der Waals surface area contributed by atoms with E-state index in [1.165, 1.54) is 38.5 Å². The molecule has 0 saturated heterocycles. The van der Waals surface area contributed by atoms with Crippen LogP contribution in [-0.4, -0.2) is 0 Å². The molecular weight excluding hydrogens is 120 g/mol. The topological polar surface area (TPSA) is 0 Å². The van der Waals surface area contributed by atoms with Crippen molar-refractivity contribution in [2.24, 2.45) is 11.8 Å². The quantitative estimate of drug-likeness (QED) is 0.479. The number of rotatable bonds is 0. The summed E-state index contributed by atoms with van der Waals surface area (Å²) in [6.07, 6.45) is 14.3. The van der Waals surface area contributed by atoms with Crippen molar-refractivity contribution in [3.8, 4) is 0 Å². The van der Waals surface area contributed by atoms with Gasteiger partial charge in [0.25, 0.3) is 0 Å². The second kappa shape index (κ2) is 2.94. The number of hydrogen-bond acceptors (Lipinski definition) is 0. The maximum Gasteiger partial charge on any atom is -0.01000 e. The van der Waals surface area contributed by atoms with Crippen molar-refractivity contribution in [3.05, 3.63) is 12.8 Å². The molecule has 0 aromatic heterocycles. The Morgan fingerprint density at radius 3 is 2.90 bits per heavy atom. The van der Waals surface area contributed by atoms with Gasteiger partial charge in [0.05, 0.1) is 0 Å². The van der Waals surface area contributed by atoms with E-state index in [9.17, 15) is 0 Å². The van der Waals surface area contributed by atoms with Crippen molar-refractivity contribution in [2.75, 3.05) is 0 Å². The van der Waals surface area contributed by atoms with Crippen LogP contribution in [0.5, 0.6) is 0 Å². The summed E-state index contributed by atoms with van der Waals surface area (Å²) in [6, 6.07) is 0. The average molecular weight is 135 g/mol. The number of fused-ring (bicyclic) bond motifs is 1. The first-order valence-electron chi connectivity index (χ1n) is 4.54. The summed E-state index contributed by atoms with van der Waals surface area (Å²) in [5.74, 6) is 1.86. The molecule has 0 amide bonds. The van der Waals surface area contributed by atoms with E-state index in [2.05, 4.69) is 12.8 Å². The summed E-state index contributed by atoms with van der Waals surface area (Å²) in [5.41, 5.74) is 0. The Bertz CT molecular complexity index is 80.6. The van der Waals surface area contributed by atoms with Gasteiger partial charge in [-0.2, -0.15) is 0 Å². The van der Waals surface area contributed by atoms with E-state index < -0.39 is 0 Å². The molecular formula is C10H15. The zero-order valence-corrected chi connectivity index (χ0v) is 6.47. The van der Waals surface area contributed by atoms with Crippen LogP contribution < -0.4 is 0 Å². The fourth-order valence-corrected chi connectivity index (χ4v) is 2.30. The van der Waals surface area contributed by atoms with E-state index in [0.717, 1.165) is 11.8 Å². The van der Waals surface area contributed by atoms with Gasteiger partial charge in [0.1, 0.15) is 0 Å². The highest BCUT2D eigenvalue weighted by atomic mass is 14.3. The molecule has 2 rings (SSSR count). The van der Waals surface area contributed by atoms with Gasteiger partial charge in [0, 0.05) is 0 Å². The summed E-state index contributed by atoms with van der Waals surface area (Å²) in [5, 5.41) is 0. The molecule has 2 atom stereocenters. The van der Waals surface area contributed by atoms with Crippen LogP contribution in [0, 0.1) is 24.7 Å². The summed E-state index contributed by atoms with van der Waals surface area (Å²) in [7, 11) is 0. The van der Waals surface area contributed by atoms with Gasteiger partial charge in [0.15, 0.2) is 0 Å². The molecule has 2 saturated carbocycles. The van der Waals surface area contributed by atoms with Gasteiger partial charge < -0.3 is 0 Å². The molecule has 0 spiro atoms. The van der Waals surface area contributed by atoms with E-state index >= 15 is 0 Å². The Balaban J connectivity index is 1.93. The van der Waals surface area contributed by atoms with Gasteiger partial charge in [-0.05, 0) is 43.9 Å². The van der Waals surface area contributed by atoms with E-state index in [0.29, 0.717) is 0 Å². The first-order chi connectivity index (χ1) is 4.97. The molecule has 3 radical (unpaired) electrons. The molecule has 0 N–H and O–H groups in total. The lowest BCUT2D eigenvalue weighted by atomic mass is 9.71. The van der Waals surface area contributed by atoms with Gasteiger partial charge in [-0.15, -0.1) is 0 Å². The Hall–Kier alpha value is 0. The SMILES string of the molecule is [C]1[CH]CCC2CCCCC12. The highest BCUT2D eigenvalue weighted by Crippen LogP contribution is 2.39. The van der Waals surface area contributed by atoms with Crippen molar-refractivity contribution in [1.82, 2.24) is 0 Å². The van der Waals surface area contributed by atoms with Crippen molar-refractivity contribution in [2.45, 2.75) is 38.5 Å². The lowest BCUT2D eigenvalue weighted by Gasteiger charge is -2.34. The third kappa shape index (κ3) is 1.21. The second-order valence-corrected chi connectivity index (χ2v) is 3.60. The van der Waals surface area contributed by atoms with Gasteiger partial charge in [-0.3, -0.25) is 0 Å². The van der Waals surface area contributed by atoms with Crippen LogP contribution in [0.2, 0.25) is 0 Å². The van der Waals surface area contributed by atoms with Crippen molar-refractivity contribution < 1.29 is 0 Å². The zero-order chi connectivity index (χ0) is 6.81. The molecule has 10 heavy (non-hydrogen) atoms. The summed E-state index contributed by atoms with van der Waals surface area (Å²) < 4.78 is 0.